The molecule has 1 saturated heterocycles. The fourth-order valence-corrected chi connectivity index (χ4v) is 12.0. The minimum Gasteiger partial charge on any atom is -0.455 e. The van der Waals surface area contributed by atoms with E-state index in [9.17, 15) is 19.8 Å². The highest BCUT2D eigenvalue weighted by molar-refractivity contribution is 5.86. The molecule has 2 N–H and O–H groups in total. The third kappa shape index (κ3) is 2.38. The number of carbonyl (C=O) groups excluding carboxylic acids is 2. The van der Waals surface area contributed by atoms with E-state index in [1.54, 1.807) is 0 Å². The van der Waals surface area contributed by atoms with Gasteiger partial charge in [0.1, 0.15) is 12.3 Å². The fourth-order valence-electron chi connectivity index (χ4n) is 12.0. The van der Waals surface area contributed by atoms with Crippen LogP contribution in [0, 0.1) is 56.7 Å². The van der Waals surface area contributed by atoms with Crippen LogP contribution in [0.3, 0.4) is 0 Å². The molecule has 202 valence electrons. The van der Waals surface area contributed by atoms with Crippen molar-refractivity contribution in [2.75, 3.05) is 6.61 Å². The van der Waals surface area contributed by atoms with Gasteiger partial charge in [0.2, 0.25) is 0 Å². The van der Waals surface area contributed by atoms with Gasteiger partial charge in [0.15, 0.2) is 11.4 Å². The number of Topliss-reactive ketones (excluding diaryl/α,β-unsaturated/α-hetero) is 1. The van der Waals surface area contributed by atoms with Crippen LogP contribution >= 0.6 is 0 Å². The Hall–Kier alpha value is -1.01. The van der Waals surface area contributed by atoms with E-state index in [0.717, 1.165) is 38.5 Å². The van der Waals surface area contributed by atoms with Gasteiger partial charge in [0.25, 0.3) is 0 Å². The molecule has 5 saturated carbocycles. The first-order valence-corrected chi connectivity index (χ1v) is 14.4. The van der Waals surface area contributed by atoms with E-state index in [-0.39, 0.29) is 60.3 Å². The molecule has 0 aromatic rings. The number of hydrogen-bond donors (Lipinski definition) is 2. The van der Waals surface area contributed by atoms with Gasteiger partial charge in [-0.1, -0.05) is 41.5 Å². The molecule has 6 rings (SSSR count). The van der Waals surface area contributed by atoms with Gasteiger partial charge in [-0.25, -0.2) is 4.39 Å². The van der Waals surface area contributed by atoms with Gasteiger partial charge in [-0.15, -0.1) is 0 Å². The molecule has 0 unspecified atom stereocenters. The van der Waals surface area contributed by atoms with Gasteiger partial charge in [-0.05, 0) is 79.4 Å². The number of fused-ring (bicyclic) bond motifs is 4. The number of halogens is 1. The predicted molar refractivity (Wildman–Crippen MR) is 132 cm³/mol. The molecule has 0 aromatic heterocycles. The van der Waals surface area contributed by atoms with Gasteiger partial charge in [0, 0.05) is 23.2 Å². The third-order valence-corrected chi connectivity index (χ3v) is 14.2. The molecule has 6 fully saturated rings. The molecular formula is C30H45FO5. The van der Waals surface area contributed by atoms with Crippen LogP contribution in [-0.2, 0) is 14.3 Å². The second kappa shape index (κ2) is 7.14. The van der Waals surface area contributed by atoms with E-state index in [1.165, 1.54) is 0 Å². The SMILES string of the molecule is C[C@H]1[C@H](C)CC[C@@]23CC[C@]4(C)[C@](OC2=O)([C@H](F)C[C@@H]2[C@@]5(C)CC(=O)[C@H](O)[C@@](C)(CO)[C@@H]5CC[C@]24C)[C@H]13. The number of carbonyl (C=O) groups is 2. The number of hydrogen-bond acceptors (Lipinski definition) is 5. The molecule has 2 bridgehead atoms. The van der Waals surface area contributed by atoms with Crippen LogP contribution in [0.15, 0.2) is 0 Å². The topological polar surface area (TPSA) is 83.8 Å². The van der Waals surface area contributed by atoms with E-state index in [0.29, 0.717) is 5.92 Å². The zero-order valence-corrected chi connectivity index (χ0v) is 22.9. The van der Waals surface area contributed by atoms with Crippen LogP contribution in [0.2, 0.25) is 0 Å². The zero-order chi connectivity index (χ0) is 26.3. The average Bonchev–Trinajstić information content (AvgIpc) is 3.04. The van der Waals surface area contributed by atoms with Gasteiger partial charge < -0.3 is 14.9 Å². The first-order chi connectivity index (χ1) is 16.7. The van der Waals surface area contributed by atoms with Gasteiger partial charge in [-0.2, -0.15) is 0 Å². The van der Waals surface area contributed by atoms with Gasteiger partial charge in [-0.3, -0.25) is 9.59 Å². The first kappa shape index (κ1) is 25.3. The first-order valence-electron chi connectivity index (χ1n) is 14.4. The quantitative estimate of drug-likeness (QED) is 0.498. The normalized spacial score (nSPS) is 62.0. The molecule has 0 amide bonds. The van der Waals surface area contributed by atoms with Crippen molar-refractivity contribution in [2.24, 2.45) is 56.7 Å². The van der Waals surface area contributed by atoms with E-state index in [1.807, 2.05) is 6.92 Å². The summed E-state index contributed by atoms with van der Waals surface area (Å²) in [5.74, 6) is -0.0584. The van der Waals surface area contributed by atoms with Crippen molar-refractivity contribution in [3.63, 3.8) is 0 Å². The Balaban J connectivity index is 1.51. The Morgan fingerprint density at radius 3 is 2.36 bits per heavy atom. The summed E-state index contributed by atoms with van der Waals surface area (Å²) in [5, 5.41) is 21.3. The Bertz CT molecular complexity index is 1020. The number of ether oxygens (including phenoxy) is 1. The van der Waals surface area contributed by atoms with Crippen LogP contribution < -0.4 is 0 Å². The smallest absolute Gasteiger partial charge is 0.313 e. The monoisotopic (exact) mass is 504 g/mol. The summed E-state index contributed by atoms with van der Waals surface area (Å²) < 4.78 is 23.6. The molecule has 6 heteroatoms. The lowest BCUT2D eigenvalue weighted by Gasteiger charge is -2.74. The van der Waals surface area contributed by atoms with Crippen LogP contribution in [0.5, 0.6) is 0 Å². The maximum absolute atomic E-state index is 17.1. The van der Waals surface area contributed by atoms with Crippen molar-refractivity contribution in [1.29, 1.82) is 0 Å². The number of ketones is 1. The zero-order valence-electron chi connectivity index (χ0n) is 22.9. The number of rotatable bonds is 1. The Morgan fingerprint density at radius 2 is 1.69 bits per heavy atom. The number of aliphatic hydroxyl groups excluding tert-OH is 2. The van der Waals surface area contributed by atoms with E-state index < -0.39 is 39.5 Å². The van der Waals surface area contributed by atoms with Crippen molar-refractivity contribution < 1.29 is 28.9 Å². The summed E-state index contributed by atoms with van der Waals surface area (Å²) in [7, 11) is 0. The maximum atomic E-state index is 17.1. The molecule has 1 aliphatic heterocycles. The van der Waals surface area contributed by atoms with Crippen molar-refractivity contribution in [3.8, 4) is 0 Å². The third-order valence-electron chi connectivity index (χ3n) is 14.2. The van der Waals surface area contributed by atoms with Gasteiger partial charge >= 0.3 is 5.97 Å². The lowest BCUT2D eigenvalue weighted by molar-refractivity contribution is -0.308. The summed E-state index contributed by atoms with van der Waals surface area (Å²) in [6.45, 7) is 12.6. The largest absolute Gasteiger partial charge is 0.455 e. The molecule has 1 heterocycles. The van der Waals surface area contributed by atoms with E-state index in [2.05, 4.69) is 34.6 Å². The lowest BCUT2D eigenvalue weighted by atomic mass is 9.30. The summed E-state index contributed by atoms with van der Waals surface area (Å²) in [4.78, 5) is 26.8. The fraction of sp³-hybridized carbons (Fsp3) is 0.933. The number of aliphatic hydroxyl groups is 2. The lowest BCUT2D eigenvalue weighted by Crippen LogP contribution is -2.76. The van der Waals surface area contributed by atoms with Crippen LogP contribution in [-0.4, -0.2) is 46.4 Å². The predicted octanol–water partition coefficient (Wildman–Crippen LogP) is 4.86. The highest BCUT2D eigenvalue weighted by atomic mass is 19.1. The molecule has 5 nitrogen and oxygen atoms in total. The van der Waals surface area contributed by atoms with Crippen LogP contribution in [0.1, 0.15) is 92.9 Å². The summed E-state index contributed by atoms with van der Waals surface area (Å²) in [6, 6.07) is 0. The molecule has 1 spiro atoms. The Kier molecular flexibility index (Phi) is 5.01. The Morgan fingerprint density at radius 1 is 1.00 bits per heavy atom. The Labute approximate surface area is 214 Å². The van der Waals surface area contributed by atoms with Crippen LogP contribution in [0.25, 0.3) is 0 Å². The second-order valence-electron chi connectivity index (χ2n) is 15.0. The molecule has 36 heavy (non-hydrogen) atoms. The maximum Gasteiger partial charge on any atom is 0.313 e. The summed E-state index contributed by atoms with van der Waals surface area (Å²) >= 11 is 0. The van der Waals surface area contributed by atoms with Crippen molar-refractivity contribution >= 4 is 11.8 Å². The van der Waals surface area contributed by atoms with E-state index in [4.69, 9.17) is 4.74 Å². The minimum atomic E-state index is -1.29. The summed E-state index contributed by atoms with van der Waals surface area (Å²) in [5.41, 5.74) is -4.00. The van der Waals surface area contributed by atoms with Crippen molar-refractivity contribution in [2.45, 2.75) is 111 Å². The molecule has 0 aromatic carbocycles. The summed E-state index contributed by atoms with van der Waals surface area (Å²) in [6.07, 6.45) is 2.90. The molecule has 13 atom stereocenters. The average molecular weight is 505 g/mol. The molecule has 0 radical (unpaired) electrons. The molecule has 5 aliphatic carbocycles. The standard InChI is InChI=1S/C30H45FO5/c1-16-7-10-29-12-11-28(6)27(5)9-8-19-25(3,14-18(33)23(34)26(19,4)15-32)20(27)13-21(31)30(28,36-24(29)35)22(29)17(16)2/h16-17,19-23,32,34H,7-15H2,1-6H3/t16-,17+,19-,20-,21-,22-,23+,25+,26+,27-,28+,29+,30+/m1/s1. The molecule has 6 aliphatic rings. The second-order valence-corrected chi connectivity index (χ2v) is 15.0. The molecular weight excluding hydrogens is 459 g/mol. The van der Waals surface area contributed by atoms with Gasteiger partial charge in [0.05, 0.1) is 12.0 Å². The minimum absolute atomic E-state index is 0.0759. The van der Waals surface area contributed by atoms with Crippen LogP contribution in [0.4, 0.5) is 4.39 Å². The van der Waals surface area contributed by atoms with E-state index >= 15 is 4.39 Å². The number of alkyl halides is 1. The number of esters is 1. The highest BCUT2D eigenvalue weighted by Gasteiger charge is 2.84. The van der Waals surface area contributed by atoms with Crippen molar-refractivity contribution in [3.05, 3.63) is 0 Å². The highest BCUT2D eigenvalue weighted by Crippen LogP contribution is 2.81. The van der Waals surface area contributed by atoms with Crippen molar-refractivity contribution in [1.82, 2.24) is 0 Å².